The lowest BCUT2D eigenvalue weighted by atomic mass is 9.95. The van der Waals surface area contributed by atoms with Crippen LogP contribution >= 0.6 is 11.6 Å². The number of carbonyl (C=O) groups is 2. The van der Waals surface area contributed by atoms with Crippen LogP contribution in [0.3, 0.4) is 0 Å². The van der Waals surface area contributed by atoms with Gasteiger partial charge in [0.05, 0.1) is 5.41 Å². The molecule has 5 heteroatoms. The Labute approximate surface area is 125 Å². The summed E-state index contributed by atoms with van der Waals surface area (Å²) < 4.78 is 0. The molecular formula is C15H21ClN2O2. The fraction of sp³-hybridized carbons (Fsp3) is 0.467. The Morgan fingerprint density at radius 1 is 1.30 bits per heavy atom. The van der Waals surface area contributed by atoms with Crippen molar-refractivity contribution in [3.8, 4) is 0 Å². The first-order valence-corrected chi connectivity index (χ1v) is 6.92. The van der Waals surface area contributed by atoms with E-state index in [1.54, 1.807) is 40.1 Å². The minimum atomic E-state index is -0.657. The van der Waals surface area contributed by atoms with Crippen LogP contribution in [0.25, 0.3) is 0 Å². The minimum Gasteiger partial charge on any atom is -0.345 e. The maximum absolute atomic E-state index is 12.1. The van der Waals surface area contributed by atoms with Crippen LogP contribution in [0.15, 0.2) is 18.2 Å². The highest BCUT2D eigenvalue weighted by atomic mass is 35.5. The summed E-state index contributed by atoms with van der Waals surface area (Å²) in [7, 11) is 3.38. The molecule has 0 atom stereocenters. The van der Waals surface area contributed by atoms with Gasteiger partial charge in [-0.15, -0.1) is 11.6 Å². The van der Waals surface area contributed by atoms with E-state index in [4.69, 9.17) is 11.6 Å². The molecule has 0 unspecified atom stereocenters. The van der Waals surface area contributed by atoms with E-state index < -0.39 is 5.41 Å². The van der Waals surface area contributed by atoms with Crippen molar-refractivity contribution in [1.29, 1.82) is 0 Å². The molecule has 1 rings (SSSR count). The van der Waals surface area contributed by atoms with Crippen molar-refractivity contribution in [2.24, 2.45) is 5.41 Å². The smallest absolute Gasteiger partial charge is 0.253 e. The molecule has 0 aromatic heterocycles. The number of anilines is 1. The average Bonchev–Trinajstić information content (AvgIpc) is 2.40. The van der Waals surface area contributed by atoms with E-state index >= 15 is 0 Å². The van der Waals surface area contributed by atoms with Crippen LogP contribution in [0.5, 0.6) is 0 Å². The van der Waals surface area contributed by atoms with Gasteiger partial charge in [-0.2, -0.15) is 0 Å². The van der Waals surface area contributed by atoms with Crippen molar-refractivity contribution in [2.45, 2.75) is 20.8 Å². The van der Waals surface area contributed by atoms with Crippen LogP contribution in [0.4, 0.5) is 5.69 Å². The number of amides is 2. The van der Waals surface area contributed by atoms with Gasteiger partial charge in [0, 0.05) is 31.2 Å². The van der Waals surface area contributed by atoms with E-state index in [0.29, 0.717) is 11.3 Å². The van der Waals surface area contributed by atoms with Gasteiger partial charge in [-0.25, -0.2) is 0 Å². The molecule has 0 saturated carbocycles. The Morgan fingerprint density at radius 2 is 1.90 bits per heavy atom. The fourth-order valence-electron chi connectivity index (χ4n) is 1.50. The maximum Gasteiger partial charge on any atom is 0.253 e. The van der Waals surface area contributed by atoms with Gasteiger partial charge in [0.25, 0.3) is 5.91 Å². The third kappa shape index (κ3) is 3.73. The zero-order valence-electron chi connectivity index (χ0n) is 12.6. The highest BCUT2D eigenvalue weighted by molar-refractivity contribution is 6.20. The number of alkyl halides is 1. The molecule has 0 bridgehead atoms. The van der Waals surface area contributed by atoms with E-state index in [2.05, 4.69) is 5.32 Å². The van der Waals surface area contributed by atoms with Gasteiger partial charge >= 0.3 is 0 Å². The molecule has 1 aromatic carbocycles. The van der Waals surface area contributed by atoms with Gasteiger partial charge in [-0.1, -0.05) is 6.07 Å². The van der Waals surface area contributed by atoms with E-state index in [0.717, 1.165) is 5.56 Å². The predicted molar refractivity (Wildman–Crippen MR) is 82.3 cm³/mol. The van der Waals surface area contributed by atoms with E-state index in [1.807, 2.05) is 13.0 Å². The van der Waals surface area contributed by atoms with Gasteiger partial charge in [-0.05, 0) is 38.5 Å². The van der Waals surface area contributed by atoms with Crippen molar-refractivity contribution in [2.75, 3.05) is 25.3 Å². The molecule has 2 amide bonds. The van der Waals surface area contributed by atoms with Crippen LogP contribution in [0, 0.1) is 12.3 Å². The van der Waals surface area contributed by atoms with Crippen molar-refractivity contribution in [1.82, 2.24) is 4.90 Å². The monoisotopic (exact) mass is 296 g/mol. The Morgan fingerprint density at radius 3 is 2.40 bits per heavy atom. The normalized spacial score (nSPS) is 11.1. The first-order valence-electron chi connectivity index (χ1n) is 6.39. The summed E-state index contributed by atoms with van der Waals surface area (Å²) in [4.78, 5) is 25.6. The SMILES string of the molecule is Cc1ccc(C(=O)N(C)C)cc1NC(=O)C(C)(C)CCl. The first-order chi connectivity index (χ1) is 9.19. The summed E-state index contributed by atoms with van der Waals surface area (Å²) in [6, 6.07) is 5.26. The standard InChI is InChI=1S/C15H21ClN2O2/c1-10-6-7-11(13(19)18(4)5)8-12(10)17-14(20)15(2,3)9-16/h6-8H,9H2,1-5H3,(H,17,20). The molecule has 4 nitrogen and oxygen atoms in total. The molecule has 0 heterocycles. The quantitative estimate of drug-likeness (QED) is 0.869. The van der Waals surface area contributed by atoms with Crippen LogP contribution < -0.4 is 5.32 Å². The Hall–Kier alpha value is -1.55. The summed E-state index contributed by atoms with van der Waals surface area (Å²) in [6.45, 7) is 5.44. The molecule has 0 spiro atoms. The maximum atomic E-state index is 12.1. The highest BCUT2D eigenvalue weighted by Crippen LogP contribution is 2.23. The van der Waals surface area contributed by atoms with Crippen LogP contribution in [-0.4, -0.2) is 36.7 Å². The number of hydrogen-bond acceptors (Lipinski definition) is 2. The number of hydrogen-bond donors (Lipinski definition) is 1. The van der Waals surface area contributed by atoms with Crippen LogP contribution in [0.2, 0.25) is 0 Å². The molecule has 0 saturated heterocycles. The van der Waals surface area contributed by atoms with Crippen molar-refractivity contribution < 1.29 is 9.59 Å². The number of nitrogens with zero attached hydrogens (tertiary/aromatic N) is 1. The minimum absolute atomic E-state index is 0.0999. The van der Waals surface area contributed by atoms with Gasteiger partial charge in [-0.3, -0.25) is 9.59 Å². The van der Waals surface area contributed by atoms with E-state index in [9.17, 15) is 9.59 Å². The summed E-state index contributed by atoms with van der Waals surface area (Å²) in [5, 5.41) is 2.84. The van der Waals surface area contributed by atoms with Gasteiger partial charge < -0.3 is 10.2 Å². The second kappa shape index (κ2) is 6.27. The van der Waals surface area contributed by atoms with E-state index in [1.165, 1.54) is 4.90 Å². The van der Waals surface area contributed by atoms with E-state index in [-0.39, 0.29) is 17.7 Å². The topological polar surface area (TPSA) is 49.4 Å². The zero-order valence-corrected chi connectivity index (χ0v) is 13.3. The lowest BCUT2D eigenvalue weighted by Gasteiger charge is -2.21. The molecule has 0 fully saturated rings. The third-order valence-electron chi connectivity index (χ3n) is 3.09. The van der Waals surface area contributed by atoms with Gasteiger partial charge in [0.1, 0.15) is 0 Å². The zero-order chi connectivity index (χ0) is 15.5. The first kappa shape index (κ1) is 16.5. The number of rotatable bonds is 4. The average molecular weight is 297 g/mol. The third-order valence-corrected chi connectivity index (χ3v) is 3.76. The highest BCUT2D eigenvalue weighted by Gasteiger charge is 2.27. The van der Waals surface area contributed by atoms with Crippen molar-refractivity contribution in [3.63, 3.8) is 0 Å². The van der Waals surface area contributed by atoms with Crippen LogP contribution in [-0.2, 0) is 4.79 Å². The van der Waals surface area contributed by atoms with Crippen molar-refractivity contribution >= 4 is 29.1 Å². The van der Waals surface area contributed by atoms with Gasteiger partial charge in [0.2, 0.25) is 5.91 Å². The largest absolute Gasteiger partial charge is 0.345 e. The summed E-state index contributed by atoms with van der Waals surface area (Å²) in [6.07, 6.45) is 0. The molecule has 20 heavy (non-hydrogen) atoms. The molecule has 1 N–H and O–H groups in total. The Bertz CT molecular complexity index is 525. The number of benzene rings is 1. The Balaban J connectivity index is 3.04. The number of nitrogens with one attached hydrogen (secondary N) is 1. The molecule has 110 valence electrons. The van der Waals surface area contributed by atoms with Crippen LogP contribution in [0.1, 0.15) is 29.8 Å². The number of halogens is 1. The summed E-state index contributed by atoms with van der Waals surface area (Å²) in [5.74, 6) is -0.0315. The summed E-state index contributed by atoms with van der Waals surface area (Å²) >= 11 is 5.80. The molecule has 0 aliphatic heterocycles. The lowest BCUT2D eigenvalue weighted by molar-refractivity contribution is -0.122. The molecule has 1 aromatic rings. The fourth-order valence-corrected chi connectivity index (χ4v) is 1.62. The summed E-state index contributed by atoms with van der Waals surface area (Å²) in [5.41, 5.74) is 1.43. The predicted octanol–water partition coefficient (Wildman–Crippen LogP) is 2.90. The molecule has 0 aliphatic rings. The van der Waals surface area contributed by atoms with Crippen molar-refractivity contribution in [3.05, 3.63) is 29.3 Å². The lowest BCUT2D eigenvalue weighted by Crippen LogP contribution is -2.32. The molecule has 0 aliphatic carbocycles. The Kier molecular flexibility index (Phi) is 5.17. The second-order valence-corrected chi connectivity index (χ2v) is 5.97. The molecule has 0 radical (unpaired) electrons. The number of carbonyl (C=O) groups excluding carboxylic acids is 2. The second-order valence-electron chi connectivity index (χ2n) is 5.70. The number of aryl methyl sites for hydroxylation is 1. The van der Waals surface area contributed by atoms with Gasteiger partial charge in [0.15, 0.2) is 0 Å². The molecular weight excluding hydrogens is 276 g/mol.